The summed E-state index contributed by atoms with van der Waals surface area (Å²) in [6, 6.07) is 2.17. The van der Waals surface area contributed by atoms with E-state index in [9.17, 15) is 13.2 Å². The Labute approximate surface area is 125 Å². The standard InChI is InChI=1S/C12H14Cl2F3N3/c13-10-2-1-8(11(14)19-10)9(7-12(15,16)17)20-5-3-18-4-6-20/h1-2,9,18H,3-7H2/t9-/m1/s1. The van der Waals surface area contributed by atoms with Crippen molar-refractivity contribution in [1.29, 1.82) is 0 Å². The maximum atomic E-state index is 12.8. The number of halogens is 5. The van der Waals surface area contributed by atoms with Crippen LogP contribution in [0.3, 0.4) is 0 Å². The SMILES string of the molecule is FC(F)(F)C[C@H](c1ccc(Cl)nc1Cl)N1CCNCC1. The third-order valence-corrected chi connectivity index (χ3v) is 3.73. The minimum Gasteiger partial charge on any atom is -0.314 e. The van der Waals surface area contributed by atoms with Gasteiger partial charge >= 0.3 is 6.18 Å². The monoisotopic (exact) mass is 327 g/mol. The molecule has 2 heterocycles. The molecule has 112 valence electrons. The number of hydrogen-bond donors (Lipinski definition) is 1. The van der Waals surface area contributed by atoms with Gasteiger partial charge in [0.1, 0.15) is 10.3 Å². The van der Waals surface area contributed by atoms with Gasteiger partial charge in [-0.2, -0.15) is 13.2 Å². The van der Waals surface area contributed by atoms with Crippen LogP contribution in [0.2, 0.25) is 10.3 Å². The average molecular weight is 328 g/mol. The molecule has 0 aliphatic carbocycles. The van der Waals surface area contributed by atoms with E-state index in [1.807, 2.05) is 0 Å². The minimum atomic E-state index is -4.27. The molecule has 0 spiro atoms. The Bertz CT molecular complexity index is 462. The number of pyridine rings is 1. The van der Waals surface area contributed by atoms with Crippen LogP contribution < -0.4 is 5.32 Å². The van der Waals surface area contributed by atoms with Crippen LogP contribution in [0.25, 0.3) is 0 Å². The average Bonchev–Trinajstić information content (AvgIpc) is 2.36. The van der Waals surface area contributed by atoms with Crippen LogP contribution in [-0.4, -0.2) is 42.2 Å². The number of rotatable bonds is 3. The van der Waals surface area contributed by atoms with Crippen molar-refractivity contribution < 1.29 is 13.2 Å². The summed E-state index contributed by atoms with van der Waals surface area (Å²) < 4.78 is 38.5. The fraction of sp³-hybridized carbons (Fsp3) is 0.583. The molecule has 2 rings (SSSR count). The Morgan fingerprint density at radius 1 is 1.25 bits per heavy atom. The second kappa shape index (κ2) is 6.47. The fourth-order valence-corrected chi connectivity index (χ4v) is 2.79. The molecular formula is C12H14Cl2F3N3. The summed E-state index contributed by atoms with van der Waals surface area (Å²) in [5.41, 5.74) is 0.371. The summed E-state index contributed by atoms with van der Waals surface area (Å²) in [4.78, 5) is 5.62. The van der Waals surface area contributed by atoms with Crippen LogP contribution in [-0.2, 0) is 0 Å². The number of nitrogens with one attached hydrogen (secondary N) is 1. The van der Waals surface area contributed by atoms with Crippen molar-refractivity contribution in [3.05, 3.63) is 28.0 Å². The molecule has 0 saturated carbocycles. The van der Waals surface area contributed by atoms with Gasteiger partial charge in [0.2, 0.25) is 0 Å². The van der Waals surface area contributed by atoms with Gasteiger partial charge in [0, 0.05) is 37.8 Å². The molecule has 0 aromatic carbocycles. The predicted octanol–water partition coefficient (Wildman–Crippen LogP) is 3.29. The molecule has 1 fully saturated rings. The summed E-state index contributed by atoms with van der Waals surface area (Å²) in [5, 5.41) is 3.32. The Morgan fingerprint density at radius 2 is 1.90 bits per heavy atom. The highest BCUT2D eigenvalue weighted by atomic mass is 35.5. The Balaban J connectivity index is 2.29. The van der Waals surface area contributed by atoms with Crippen LogP contribution in [0.15, 0.2) is 12.1 Å². The largest absolute Gasteiger partial charge is 0.390 e. The van der Waals surface area contributed by atoms with Gasteiger partial charge in [-0.3, -0.25) is 4.90 Å². The van der Waals surface area contributed by atoms with E-state index in [0.717, 1.165) is 0 Å². The van der Waals surface area contributed by atoms with E-state index in [0.29, 0.717) is 31.7 Å². The zero-order chi connectivity index (χ0) is 14.8. The normalized spacial score (nSPS) is 19.1. The van der Waals surface area contributed by atoms with Crippen molar-refractivity contribution in [2.24, 2.45) is 0 Å². The summed E-state index contributed by atoms with van der Waals surface area (Å²) >= 11 is 11.7. The summed E-state index contributed by atoms with van der Waals surface area (Å²) in [6.45, 7) is 2.40. The highest BCUT2D eigenvalue weighted by Crippen LogP contribution is 2.36. The quantitative estimate of drug-likeness (QED) is 0.863. The first-order valence-corrected chi connectivity index (χ1v) is 6.96. The van der Waals surface area contributed by atoms with Crippen molar-refractivity contribution in [2.45, 2.75) is 18.6 Å². The second-order valence-corrected chi connectivity index (χ2v) is 5.38. The zero-order valence-corrected chi connectivity index (χ0v) is 12.1. The van der Waals surface area contributed by atoms with Gasteiger partial charge in [0.25, 0.3) is 0 Å². The third-order valence-electron chi connectivity index (χ3n) is 3.22. The summed E-state index contributed by atoms with van der Waals surface area (Å²) in [7, 11) is 0. The van der Waals surface area contributed by atoms with Crippen LogP contribution in [0, 0.1) is 0 Å². The molecule has 0 unspecified atom stereocenters. The van der Waals surface area contributed by atoms with Crippen LogP contribution in [0.5, 0.6) is 0 Å². The van der Waals surface area contributed by atoms with E-state index in [1.54, 1.807) is 4.90 Å². The van der Waals surface area contributed by atoms with E-state index in [1.165, 1.54) is 12.1 Å². The first-order valence-electron chi connectivity index (χ1n) is 6.20. The van der Waals surface area contributed by atoms with Crippen molar-refractivity contribution >= 4 is 23.2 Å². The van der Waals surface area contributed by atoms with E-state index in [-0.39, 0.29) is 10.3 Å². The van der Waals surface area contributed by atoms with Gasteiger partial charge in [-0.15, -0.1) is 0 Å². The van der Waals surface area contributed by atoms with Crippen molar-refractivity contribution in [3.63, 3.8) is 0 Å². The van der Waals surface area contributed by atoms with Crippen LogP contribution >= 0.6 is 23.2 Å². The minimum absolute atomic E-state index is 0.0327. The molecule has 1 N–H and O–H groups in total. The number of hydrogen-bond acceptors (Lipinski definition) is 3. The lowest BCUT2D eigenvalue weighted by atomic mass is 10.0. The molecule has 1 aromatic heterocycles. The van der Waals surface area contributed by atoms with Gasteiger partial charge in [0.05, 0.1) is 6.42 Å². The van der Waals surface area contributed by atoms with Gasteiger partial charge in [0.15, 0.2) is 0 Å². The molecule has 0 amide bonds. The summed E-state index contributed by atoms with van der Waals surface area (Å²) in [6.07, 6.45) is -5.21. The molecule has 0 radical (unpaired) electrons. The Morgan fingerprint density at radius 3 is 2.45 bits per heavy atom. The van der Waals surface area contributed by atoms with E-state index >= 15 is 0 Å². The van der Waals surface area contributed by atoms with Gasteiger partial charge < -0.3 is 5.32 Å². The molecule has 3 nitrogen and oxygen atoms in total. The van der Waals surface area contributed by atoms with Crippen molar-refractivity contribution in [3.8, 4) is 0 Å². The molecule has 1 saturated heterocycles. The van der Waals surface area contributed by atoms with Crippen molar-refractivity contribution in [2.75, 3.05) is 26.2 Å². The lowest BCUT2D eigenvalue weighted by Gasteiger charge is -2.35. The third kappa shape index (κ3) is 4.22. The molecule has 1 aliphatic rings. The molecule has 0 bridgehead atoms. The molecule has 8 heteroatoms. The van der Waals surface area contributed by atoms with Crippen LogP contribution in [0.1, 0.15) is 18.0 Å². The van der Waals surface area contributed by atoms with E-state index in [2.05, 4.69) is 10.3 Å². The molecule has 1 aliphatic heterocycles. The fourth-order valence-electron chi connectivity index (χ4n) is 2.32. The highest BCUT2D eigenvalue weighted by Gasteiger charge is 2.37. The number of alkyl halides is 3. The first-order chi connectivity index (χ1) is 9.37. The lowest BCUT2D eigenvalue weighted by molar-refractivity contribution is -0.148. The van der Waals surface area contributed by atoms with E-state index < -0.39 is 18.6 Å². The van der Waals surface area contributed by atoms with E-state index in [4.69, 9.17) is 23.2 Å². The molecule has 1 atom stereocenters. The topological polar surface area (TPSA) is 28.2 Å². The van der Waals surface area contributed by atoms with Gasteiger partial charge in [-0.25, -0.2) is 4.98 Å². The van der Waals surface area contributed by atoms with Gasteiger partial charge in [-0.05, 0) is 6.07 Å². The Hall–Kier alpha value is -0.560. The lowest BCUT2D eigenvalue weighted by Crippen LogP contribution is -2.46. The zero-order valence-electron chi connectivity index (χ0n) is 10.6. The first kappa shape index (κ1) is 15.8. The number of piperazine rings is 1. The van der Waals surface area contributed by atoms with Gasteiger partial charge in [-0.1, -0.05) is 29.3 Å². The van der Waals surface area contributed by atoms with Crippen LogP contribution in [0.4, 0.5) is 13.2 Å². The maximum absolute atomic E-state index is 12.8. The highest BCUT2D eigenvalue weighted by molar-refractivity contribution is 6.32. The molecule has 20 heavy (non-hydrogen) atoms. The number of aromatic nitrogens is 1. The van der Waals surface area contributed by atoms with Crippen molar-refractivity contribution in [1.82, 2.24) is 15.2 Å². The second-order valence-electron chi connectivity index (χ2n) is 4.64. The predicted molar refractivity (Wildman–Crippen MR) is 72.1 cm³/mol. The maximum Gasteiger partial charge on any atom is 0.390 e. The summed E-state index contributed by atoms with van der Waals surface area (Å²) in [5.74, 6) is 0. The molecule has 1 aromatic rings. The Kier molecular flexibility index (Phi) is 5.12. The number of nitrogens with zero attached hydrogens (tertiary/aromatic N) is 2. The molecular weight excluding hydrogens is 314 g/mol. The smallest absolute Gasteiger partial charge is 0.314 e.